The second kappa shape index (κ2) is 7.69. The lowest BCUT2D eigenvalue weighted by Crippen LogP contribution is -2.11. The molecule has 2 aromatic heterocycles. The summed E-state index contributed by atoms with van der Waals surface area (Å²) in [7, 11) is 0. The van der Waals surface area contributed by atoms with Gasteiger partial charge in [0.25, 0.3) is 5.91 Å². The smallest absolute Gasteiger partial charge is 0.293 e. The zero-order chi connectivity index (χ0) is 19.7. The average molecular weight is 417 g/mol. The maximum atomic E-state index is 13.7. The largest absolute Gasteiger partial charge is 0.451 e. The SMILES string of the molecule is Cc1c(C(=O)Nc2nnc(SCc3ccccc3F)s2)oc2ccc(F)cc12. The van der Waals surface area contributed by atoms with Gasteiger partial charge in [0.1, 0.15) is 17.2 Å². The third kappa shape index (κ3) is 3.76. The number of aromatic nitrogens is 2. The Kier molecular flexibility index (Phi) is 5.10. The summed E-state index contributed by atoms with van der Waals surface area (Å²) < 4.78 is 33.2. The molecule has 28 heavy (non-hydrogen) atoms. The number of anilines is 1. The Labute approximate surface area is 166 Å². The second-order valence-corrected chi connectivity index (χ2v) is 8.10. The quantitative estimate of drug-likeness (QED) is 0.347. The molecular formula is C19H13F2N3O2S2. The van der Waals surface area contributed by atoms with Gasteiger partial charge in [-0.1, -0.05) is 41.3 Å². The first kappa shape index (κ1) is 18.6. The molecule has 0 spiro atoms. The number of carbonyl (C=O) groups excluding carboxylic acids is 1. The van der Waals surface area contributed by atoms with Gasteiger partial charge >= 0.3 is 0 Å². The van der Waals surface area contributed by atoms with Crippen molar-refractivity contribution in [1.82, 2.24) is 10.2 Å². The van der Waals surface area contributed by atoms with Crippen LogP contribution in [0.1, 0.15) is 21.7 Å². The molecule has 0 unspecified atom stereocenters. The van der Waals surface area contributed by atoms with E-state index in [0.717, 1.165) is 0 Å². The van der Waals surface area contributed by atoms with Gasteiger partial charge in [0.2, 0.25) is 5.13 Å². The fraction of sp³-hybridized carbons (Fsp3) is 0.105. The molecule has 0 fully saturated rings. The van der Waals surface area contributed by atoms with Crippen LogP contribution in [0.4, 0.5) is 13.9 Å². The molecule has 0 aliphatic heterocycles. The molecule has 142 valence electrons. The van der Waals surface area contributed by atoms with Gasteiger partial charge in [-0.15, -0.1) is 10.2 Å². The summed E-state index contributed by atoms with van der Waals surface area (Å²) >= 11 is 2.51. The van der Waals surface area contributed by atoms with Gasteiger partial charge < -0.3 is 4.42 Å². The van der Waals surface area contributed by atoms with Crippen molar-refractivity contribution in [2.24, 2.45) is 0 Å². The summed E-state index contributed by atoms with van der Waals surface area (Å²) in [6.45, 7) is 1.69. The minimum absolute atomic E-state index is 0.0939. The van der Waals surface area contributed by atoms with Crippen molar-refractivity contribution in [3.05, 3.63) is 71.0 Å². The third-order valence-corrected chi connectivity index (χ3v) is 6.06. The van der Waals surface area contributed by atoms with Crippen molar-refractivity contribution in [3.63, 3.8) is 0 Å². The van der Waals surface area contributed by atoms with Crippen LogP contribution in [0.3, 0.4) is 0 Å². The number of amides is 1. The predicted molar refractivity (Wildman–Crippen MR) is 105 cm³/mol. The lowest BCUT2D eigenvalue weighted by molar-refractivity contribution is 0.0998. The molecule has 0 radical (unpaired) electrons. The highest BCUT2D eigenvalue weighted by molar-refractivity contribution is 8.00. The molecule has 1 amide bonds. The molecule has 0 saturated carbocycles. The van der Waals surface area contributed by atoms with Crippen molar-refractivity contribution >= 4 is 45.1 Å². The molecule has 2 aromatic carbocycles. The van der Waals surface area contributed by atoms with E-state index in [0.29, 0.717) is 37.3 Å². The number of halogens is 2. The summed E-state index contributed by atoms with van der Waals surface area (Å²) in [6.07, 6.45) is 0. The highest BCUT2D eigenvalue weighted by Crippen LogP contribution is 2.30. The van der Waals surface area contributed by atoms with Gasteiger partial charge in [0.15, 0.2) is 10.1 Å². The Bertz CT molecular complexity index is 1170. The van der Waals surface area contributed by atoms with Crippen LogP contribution in [-0.4, -0.2) is 16.1 Å². The van der Waals surface area contributed by atoms with Crippen LogP contribution in [0, 0.1) is 18.6 Å². The highest BCUT2D eigenvalue weighted by atomic mass is 32.2. The van der Waals surface area contributed by atoms with Crippen molar-refractivity contribution in [1.29, 1.82) is 0 Å². The number of rotatable bonds is 5. The Hall–Kier alpha value is -2.78. The van der Waals surface area contributed by atoms with E-state index < -0.39 is 11.7 Å². The lowest BCUT2D eigenvalue weighted by atomic mass is 10.1. The summed E-state index contributed by atoms with van der Waals surface area (Å²) in [5, 5.41) is 11.4. The standard InChI is InChI=1S/C19H13F2N3O2S2/c1-10-13-8-12(20)6-7-15(13)26-16(10)17(25)22-18-23-24-19(28-18)27-9-11-4-2-3-5-14(11)21/h2-8H,9H2,1H3,(H,22,23,25). The number of benzene rings is 2. The number of furan rings is 1. The van der Waals surface area contributed by atoms with Gasteiger partial charge in [0.05, 0.1) is 0 Å². The predicted octanol–water partition coefficient (Wildman–Crippen LogP) is 5.42. The van der Waals surface area contributed by atoms with Crippen LogP contribution in [-0.2, 0) is 5.75 Å². The van der Waals surface area contributed by atoms with E-state index in [1.165, 1.54) is 47.4 Å². The Morgan fingerprint density at radius 1 is 1.21 bits per heavy atom. The molecule has 0 atom stereocenters. The molecule has 1 N–H and O–H groups in total. The molecule has 5 nitrogen and oxygen atoms in total. The number of hydrogen-bond donors (Lipinski definition) is 1. The first-order valence-electron chi connectivity index (χ1n) is 8.21. The van der Waals surface area contributed by atoms with Crippen LogP contribution in [0.5, 0.6) is 0 Å². The van der Waals surface area contributed by atoms with Gasteiger partial charge in [-0.25, -0.2) is 8.78 Å². The first-order chi connectivity index (χ1) is 13.5. The van der Waals surface area contributed by atoms with E-state index in [-0.39, 0.29) is 11.6 Å². The molecule has 4 aromatic rings. The number of thioether (sulfide) groups is 1. The average Bonchev–Trinajstić information content (AvgIpc) is 3.25. The van der Waals surface area contributed by atoms with Crippen LogP contribution in [0.15, 0.2) is 51.2 Å². The second-order valence-electron chi connectivity index (χ2n) is 5.90. The molecule has 2 heterocycles. The monoisotopic (exact) mass is 417 g/mol. The highest BCUT2D eigenvalue weighted by Gasteiger charge is 2.19. The van der Waals surface area contributed by atoms with Crippen molar-refractivity contribution in [2.75, 3.05) is 5.32 Å². The van der Waals surface area contributed by atoms with E-state index >= 15 is 0 Å². The van der Waals surface area contributed by atoms with E-state index in [1.807, 2.05) is 0 Å². The number of carbonyl (C=O) groups is 1. The number of fused-ring (bicyclic) bond motifs is 1. The maximum Gasteiger partial charge on any atom is 0.293 e. The molecule has 9 heteroatoms. The number of aryl methyl sites for hydroxylation is 1. The van der Waals surface area contributed by atoms with Crippen LogP contribution in [0.25, 0.3) is 11.0 Å². The minimum Gasteiger partial charge on any atom is -0.451 e. The number of nitrogens with zero attached hydrogens (tertiary/aromatic N) is 2. The number of nitrogens with one attached hydrogen (secondary N) is 1. The Morgan fingerprint density at radius 3 is 2.86 bits per heavy atom. The maximum absolute atomic E-state index is 13.7. The summed E-state index contributed by atoms with van der Waals surface area (Å²) in [6, 6.07) is 10.6. The Balaban J connectivity index is 1.46. The lowest BCUT2D eigenvalue weighted by Gasteiger charge is -2.00. The van der Waals surface area contributed by atoms with Gasteiger partial charge in [-0.05, 0) is 36.8 Å². The van der Waals surface area contributed by atoms with E-state index in [9.17, 15) is 13.6 Å². The summed E-state index contributed by atoms with van der Waals surface area (Å²) in [5.74, 6) is -0.662. The van der Waals surface area contributed by atoms with Crippen LogP contribution in [0.2, 0.25) is 0 Å². The van der Waals surface area contributed by atoms with Crippen LogP contribution >= 0.6 is 23.1 Å². The van der Waals surface area contributed by atoms with Crippen molar-refractivity contribution in [2.45, 2.75) is 17.0 Å². The minimum atomic E-state index is -0.490. The van der Waals surface area contributed by atoms with Gasteiger partial charge in [-0.2, -0.15) is 0 Å². The van der Waals surface area contributed by atoms with Crippen LogP contribution < -0.4 is 5.32 Å². The summed E-state index contributed by atoms with van der Waals surface area (Å²) in [5.41, 5.74) is 1.55. The summed E-state index contributed by atoms with van der Waals surface area (Å²) in [4.78, 5) is 12.5. The molecule has 4 rings (SSSR count). The van der Waals surface area contributed by atoms with Crippen molar-refractivity contribution in [3.8, 4) is 0 Å². The molecule has 0 aliphatic carbocycles. The molecule has 0 bridgehead atoms. The topological polar surface area (TPSA) is 68.0 Å². The van der Waals surface area contributed by atoms with E-state index in [1.54, 1.807) is 25.1 Å². The van der Waals surface area contributed by atoms with E-state index in [4.69, 9.17) is 4.42 Å². The van der Waals surface area contributed by atoms with E-state index in [2.05, 4.69) is 15.5 Å². The number of hydrogen-bond acceptors (Lipinski definition) is 6. The third-order valence-electron chi connectivity index (χ3n) is 4.04. The van der Waals surface area contributed by atoms with Crippen molar-refractivity contribution < 1.29 is 18.0 Å². The first-order valence-corrected chi connectivity index (χ1v) is 10.0. The zero-order valence-electron chi connectivity index (χ0n) is 14.5. The molecule has 0 saturated heterocycles. The molecule has 0 aliphatic rings. The van der Waals surface area contributed by atoms with Gasteiger partial charge in [-0.3, -0.25) is 10.1 Å². The normalized spacial score (nSPS) is 11.1. The van der Waals surface area contributed by atoms with Gasteiger partial charge in [0, 0.05) is 16.7 Å². The zero-order valence-corrected chi connectivity index (χ0v) is 16.2. The Morgan fingerprint density at radius 2 is 2.04 bits per heavy atom. The molecular weight excluding hydrogens is 404 g/mol. The fourth-order valence-corrected chi connectivity index (χ4v) is 4.37. The fourth-order valence-electron chi connectivity index (χ4n) is 2.64.